The molecule has 3 aromatic rings. The third-order valence-electron chi connectivity index (χ3n) is 4.70. The molecule has 31 heavy (non-hydrogen) atoms. The zero-order valence-electron chi connectivity index (χ0n) is 16.3. The standard InChI is InChI=1S/C24H18Cl2N2O3/c25-19-8-4-7-17(11-19)15-31-22-10-9-20(26)12-18(22)13-21-23(29)28(24(30)27-21)14-16-5-2-1-3-6-16/h1-13H,14-15H2,(H,27,30)/b21-13+. The van der Waals surface area contributed by atoms with Crippen LogP contribution in [0.3, 0.4) is 0 Å². The fourth-order valence-corrected chi connectivity index (χ4v) is 3.58. The molecule has 0 aliphatic carbocycles. The summed E-state index contributed by atoms with van der Waals surface area (Å²) in [5, 5.41) is 3.74. The summed E-state index contributed by atoms with van der Waals surface area (Å²) in [6, 6.07) is 21.3. The van der Waals surface area contributed by atoms with E-state index in [-0.39, 0.29) is 12.2 Å². The maximum Gasteiger partial charge on any atom is 0.329 e. The Morgan fingerprint density at radius 2 is 1.61 bits per heavy atom. The van der Waals surface area contributed by atoms with Crippen molar-refractivity contribution in [3.8, 4) is 5.75 Å². The zero-order valence-corrected chi connectivity index (χ0v) is 17.9. The molecule has 4 rings (SSSR count). The third-order valence-corrected chi connectivity index (χ3v) is 5.17. The third kappa shape index (κ3) is 5.08. The summed E-state index contributed by atoms with van der Waals surface area (Å²) in [5.41, 5.74) is 2.51. The van der Waals surface area contributed by atoms with Gasteiger partial charge in [-0.1, -0.05) is 65.7 Å². The summed E-state index contributed by atoms with van der Waals surface area (Å²) in [6.45, 7) is 0.481. The number of carbonyl (C=O) groups is 2. The Labute approximate surface area is 189 Å². The summed E-state index contributed by atoms with van der Waals surface area (Å²) in [4.78, 5) is 26.4. The van der Waals surface area contributed by atoms with E-state index < -0.39 is 11.9 Å². The number of hydrogen-bond donors (Lipinski definition) is 1. The minimum atomic E-state index is -0.469. The molecule has 0 radical (unpaired) electrons. The highest BCUT2D eigenvalue weighted by atomic mass is 35.5. The summed E-state index contributed by atoms with van der Waals surface area (Å²) in [5.74, 6) is 0.120. The molecule has 0 aromatic heterocycles. The number of halogens is 2. The van der Waals surface area contributed by atoms with Crippen LogP contribution in [0.5, 0.6) is 5.75 Å². The Hall–Kier alpha value is -3.28. The van der Waals surface area contributed by atoms with E-state index in [4.69, 9.17) is 27.9 Å². The molecule has 156 valence electrons. The van der Waals surface area contributed by atoms with Gasteiger partial charge < -0.3 is 10.1 Å². The van der Waals surface area contributed by atoms with Crippen LogP contribution in [-0.4, -0.2) is 16.8 Å². The summed E-state index contributed by atoms with van der Waals surface area (Å²) in [7, 11) is 0. The normalized spacial score (nSPS) is 14.8. The number of urea groups is 1. The molecule has 5 nitrogen and oxygen atoms in total. The van der Waals surface area contributed by atoms with Crippen molar-refractivity contribution >= 4 is 41.2 Å². The van der Waals surface area contributed by atoms with Gasteiger partial charge in [-0.2, -0.15) is 0 Å². The van der Waals surface area contributed by atoms with Gasteiger partial charge in [0.15, 0.2) is 0 Å². The second-order valence-corrected chi connectivity index (χ2v) is 7.84. The second kappa shape index (κ2) is 9.25. The smallest absolute Gasteiger partial charge is 0.329 e. The van der Waals surface area contributed by atoms with E-state index in [0.717, 1.165) is 16.0 Å². The van der Waals surface area contributed by atoms with E-state index in [1.54, 1.807) is 30.3 Å². The first-order chi connectivity index (χ1) is 15.0. The lowest BCUT2D eigenvalue weighted by atomic mass is 10.1. The van der Waals surface area contributed by atoms with Crippen LogP contribution in [0.4, 0.5) is 4.79 Å². The Morgan fingerprint density at radius 3 is 2.39 bits per heavy atom. The van der Waals surface area contributed by atoms with Gasteiger partial charge in [0.1, 0.15) is 18.1 Å². The van der Waals surface area contributed by atoms with Gasteiger partial charge in [-0.05, 0) is 47.5 Å². The van der Waals surface area contributed by atoms with Gasteiger partial charge in [0, 0.05) is 15.6 Å². The zero-order chi connectivity index (χ0) is 21.8. The minimum Gasteiger partial charge on any atom is -0.488 e. The second-order valence-electron chi connectivity index (χ2n) is 6.97. The first kappa shape index (κ1) is 21.0. The first-order valence-corrected chi connectivity index (χ1v) is 10.3. The van der Waals surface area contributed by atoms with E-state index in [1.807, 2.05) is 48.5 Å². The van der Waals surface area contributed by atoms with Crippen LogP contribution >= 0.6 is 23.2 Å². The van der Waals surface area contributed by atoms with Crippen LogP contribution in [0.1, 0.15) is 16.7 Å². The van der Waals surface area contributed by atoms with Gasteiger partial charge in [0.2, 0.25) is 0 Å². The van der Waals surface area contributed by atoms with Crippen LogP contribution < -0.4 is 10.1 Å². The minimum absolute atomic E-state index is 0.163. The maximum atomic E-state index is 12.8. The van der Waals surface area contributed by atoms with Crippen molar-refractivity contribution in [2.24, 2.45) is 0 Å². The number of imide groups is 1. The Kier molecular flexibility index (Phi) is 6.26. The van der Waals surface area contributed by atoms with Crippen molar-refractivity contribution in [1.82, 2.24) is 10.2 Å². The fourth-order valence-electron chi connectivity index (χ4n) is 3.19. The van der Waals surface area contributed by atoms with Gasteiger partial charge in [0.05, 0.1) is 6.54 Å². The highest BCUT2D eigenvalue weighted by molar-refractivity contribution is 6.31. The summed E-state index contributed by atoms with van der Waals surface area (Å²) >= 11 is 12.2. The van der Waals surface area contributed by atoms with Crippen LogP contribution in [0, 0.1) is 0 Å². The molecule has 1 aliphatic heterocycles. The largest absolute Gasteiger partial charge is 0.488 e. The van der Waals surface area contributed by atoms with E-state index in [1.165, 1.54) is 0 Å². The average molecular weight is 453 g/mol. The first-order valence-electron chi connectivity index (χ1n) is 9.55. The van der Waals surface area contributed by atoms with Crippen molar-refractivity contribution in [3.63, 3.8) is 0 Å². The van der Waals surface area contributed by atoms with Crippen molar-refractivity contribution in [1.29, 1.82) is 0 Å². The van der Waals surface area contributed by atoms with Crippen LogP contribution in [0.2, 0.25) is 10.0 Å². The molecule has 1 saturated heterocycles. The summed E-state index contributed by atoms with van der Waals surface area (Å²) < 4.78 is 5.93. The van der Waals surface area contributed by atoms with E-state index >= 15 is 0 Å². The quantitative estimate of drug-likeness (QED) is 0.387. The highest BCUT2D eigenvalue weighted by Crippen LogP contribution is 2.27. The van der Waals surface area contributed by atoms with Crippen LogP contribution in [0.25, 0.3) is 6.08 Å². The predicted octanol–water partition coefficient (Wildman–Crippen LogP) is 5.67. The van der Waals surface area contributed by atoms with Gasteiger partial charge in [-0.15, -0.1) is 0 Å². The number of nitrogens with zero attached hydrogens (tertiary/aromatic N) is 1. The van der Waals surface area contributed by atoms with Gasteiger partial charge in [-0.25, -0.2) is 4.79 Å². The van der Waals surface area contributed by atoms with Crippen molar-refractivity contribution < 1.29 is 14.3 Å². The molecular weight excluding hydrogens is 435 g/mol. The number of benzene rings is 3. The van der Waals surface area contributed by atoms with Gasteiger partial charge in [0.25, 0.3) is 5.91 Å². The predicted molar refractivity (Wildman–Crippen MR) is 121 cm³/mol. The van der Waals surface area contributed by atoms with Crippen molar-refractivity contribution in [3.05, 3.63) is 105 Å². The lowest BCUT2D eigenvalue weighted by Gasteiger charge is -2.12. The number of nitrogens with one attached hydrogen (secondary N) is 1. The SMILES string of the molecule is O=C1N/C(=C/c2cc(Cl)ccc2OCc2cccc(Cl)c2)C(=O)N1Cc1ccccc1. The monoisotopic (exact) mass is 452 g/mol. The van der Waals surface area contributed by atoms with E-state index in [0.29, 0.717) is 28.0 Å². The fraction of sp³-hybridized carbons (Fsp3) is 0.0833. The van der Waals surface area contributed by atoms with Gasteiger partial charge >= 0.3 is 6.03 Å². The van der Waals surface area contributed by atoms with Crippen LogP contribution in [-0.2, 0) is 17.9 Å². The molecule has 0 atom stereocenters. The highest BCUT2D eigenvalue weighted by Gasteiger charge is 2.33. The number of hydrogen-bond acceptors (Lipinski definition) is 3. The molecule has 1 fully saturated rings. The molecule has 3 amide bonds. The average Bonchev–Trinajstić information content (AvgIpc) is 3.01. The maximum absolute atomic E-state index is 12.8. The lowest BCUT2D eigenvalue weighted by Crippen LogP contribution is -2.30. The molecular formula is C24H18Cl2N2O3. The number of ether oxygens (including phenoxy) is 1. The number of rotatable bonds is 6. The molecule has 3 aromatic carbocycles. The molecule has 0 spiro atoms. The van der Waals surface area contributed by atoms with Crippen molar-refractivity contribution in [2.75, 3.05) is 0 Å². The Morgan fingerprint density at radius 1 is 0.871 bits per heavy atom. The molecule has 1 aliphatic rings. The topological polar surface area (TPSA) is 58.6 Å². The molecule has 0 saturated carbocycles. The molecule has 0 unspecified atom stereocenters. The number of carbonyl (C=O) groups excluding carboxylic acids is 2. The van der Waals surface area contributed by atoms with Crippen LogP contribution in [0.15, 0.2) is 78.5 Å². The number of amides is 3. The lowest BCUT2D eigenvalue weighted by molar-refractivity contribution is -0.123. The molecule has 0 bridgehead atoms. The molecule has 1 N–H and O–H groups in total. The van der Waals surface area contributed by atoms with E-state index in [2.05, 4.69) is 5.32 Å². The summed E-state index contributed by atoms with van der Waals surface area (Å²) in [6.07, 6.45) is 1.57. The molecule has 1 heterocycles. The molecule has 7 heteroatoms. The Bertz CT molecular complexity index is 1160. The van der Waals surface area contributed by atoms with Gasteiger partial charge in [-0.3, -0.25) is 9.69 Å². The van der Waals surface area contributed by atoms with E-state index in [9.17, 15) is 9.59 Å². The Balaban J connectivity index is 1.55. The van der Waals surface area contributed by atoms with Crippen molar-refractivity contribution in [2.45, 2.75) is 13.2 Å².